The predicted octanol–water partition coefficient (Wildman–Crippen LogP) is 5.00. The Bertz CT molecular complexity index is 652. The molecule has 0 bridgehead atoms. The van der Waals surface area contributed by atoms with Gasteiger partial charge in [-0.25, -0.2) is 0 Å². The molecular formula is C23H31NO2. The molecule has 0 unspecified atom stereocenters. The number of unbranched alkanes of at least 4 members (excludes halogenated alkanes) is 3. The van der Waals surface area contributed by atoms with Crippen molar-refractivity contribution in [2.24, 2.45) is 0 Å². The third-order valence-electron chi connectivity index (χ3n) is 4.41. The third-order valence-corrected chi connectivity index (χ3v) is 4.41. The van der Waals surface area contributed by atoms with Crippen molar-refractivity contribution in [1.82, 2.24) is 4.90 Å². The highest BCUT2D eigenvalue weighted by molar-refractivity contribution is 5.96. The first-order chi connectivity index (χ1) is 12.6. The van der Waals surface area contributed by atoms with Gasteiger partial charge in [0.05, 0.1) is 6.61 Å². The molecule has 0 aliphatic rings. The maximum atomic E-state index is 12.4. The smallest absolute Gasteiger partial charge is 0.163 e. The molecule has 0 spiro atoms. The van der Waals surface area contributed by atoms with E-state index in [-0.39, 0.29) is 5.78 Å². The van der Waals surface area contributed by atoms with Gasteiger partial charge in [-0.3, -0.25) is 4.79 Å². The van der Waals surface area contributed by atoms with Crippen molar-refractivity contribution in [3.63, 3.8) is 0 Å². The number of hydrogen-bond donors (Lipinski definition) is 0. The molecule has 0 radical (unpaired) electrons. The Morgan fingerprint density at radius 2 is 1.69 bits per heavy atom. The van der Waals surface area contributed by atoms with Crippen LogP contribution in [0.15, 0.2) is 54.6 Å². The van der Waals surface area contributed by atoms with Crippen LogP contribution in [-0.4, -0.2) is 37.9 Å². The van der Waals surface area contributed by atoms with Crippen molar-refractivity contribution >= 4 is 5.78 Å². The summed E-state index contributed by atoms with van der Waals surface area (Å²) in [5.74, 6) is 0.965. The molecule has 0 heterocycles. The zero-order valence-electron chi connectivity index (χ0n) is 16.1. The summed E-state index contributed by atoms with van der Waals surface area (Å²) >= 11 is 0. The topological polar surface area (TPSA) is 29.5 Å². The summed E-state index contributed by atoms with van der Waals surface area (Å²) in [6, 6.07) is 17.7. The zero-order chi connectivity index (χ0) is 18.6. The summed E-state index contributed by atoms with van der Waals surface area (Å²) in [5, 5.41) is 0. The highest BCUT2D eigenvalue weighted by Crippen LogP contribution is 2.16. The summed E-state index contributed by atoms with van der Waals surface area (Å²) in [6.45, 7) is 1.86. The Morgan fingerprint density at radius 3 is 2.46 bits per heavy atom. The van der Waals surface area contributed by atoms with Crippen molar-refractivity contribution in [3.05, 3.63) is 65.7 Å². The van der Waals surface area contributed by atoms with Gasteiger partial charge in [0.15, 0.2) is 5.78 Å². The number of nitrogens with zero attached hydrogens (tertiary/aromatic N) is 1. The molecule has 0 aliphatic carbocycles. The van der Waals surface area contributed by atoms with Crippen LogP contribution in [0.25, 0.3) is 0 Å². The Kier molecular flexibility index (Phi) is 8.91. The fraction of sp³-hybridized carbons (Fsp3) is 0.435. The minimum absolute atomic E-state index is 0.169. The van der Waals surface area contributed by atoms with E-state index in [4.69, 9.17) is 4.74 Å². The number of hydrogen-bond acceptors (Lipinski definition) is 3. The molecule has 140 valence electrons. The van der Waals surface area contributed by atoms with E-state index in [9.17, 15) is 4.79 Å². The van der Waals surface area contributed by atoms with Crippen LogP contribution in [0.5, 0.6) is 5.75 Å². The van der Waals surface area contributed by atoms with E-state index in [1.807, 2.05) is 42.5 Å². The summed E-state index contributed by atoms with van der Waals surface area (Å²) in [5.41, 5.74) is 1.94. The van der Waals surface area contributed by atoms with Crippen LogP contribution < -0.4 is 4.74 Å². The number of ether oxygens (including phenoxy) is 1. The van der Waals surface area contributed by atoms with Crippen molar-refractivity contribution in [2.75, 3.05) is 27.2 Å². The number of Topliss-reactive ketones (excluding diaryl/α,β-unsaturated/α-hetero) is 1. The van der Waals surface area contributed by atoms with Gasteiger partial charge in [0, 0.05) is 12.0 Å². The van der Waals surface area contributed by atoms with Gasteiger partial charge in [-0.05, 0) is 57.6 Å². The molecule has 0 aromatic heterocycles. The SMILES string of the molecule is CN(C)CCCCCCOc1cccc(C(=O)CCc2ccccc2)c1. The van der Waals surface area contributed by atoms with Gasteiger partial charge < -0.3 is 9.64 Å². The van der Waals surface area contributed by atoms with Crippen LogP contribution >= 0.6 is 0 Å². The molecule has 0 atom stereocenters. The summed E-state index contributed by atoms with van der Waals surface area (Å²) in [6.07, 6.45) is 6.01. The van der Waals surface area contributed by atoms with Crippen LogP contribution in [0.3, 0.4) is 0 Å². The molecule has 26 heavy (non-hydrogen) atoms. The molecule has 3 heteroatoms. The zero-order valence-corrected chi connectivity index (χ0v) is 16.1. The van der Waals surface area contributed by atoms with Gasteiger partial charge in [0.2, 0.25) is 0 Å². The van der Waals surface area contributed by atoms with Crippen LogP contribution in [0.4, 0.5) is 0 Å². The van der Waals surface area contributed by atoms with E-state index < -0.39 is 0 Å². The van der Waals surface area contributed by atoms with Crippen LogP contribution in [0.1, 0.15) is 48.0 Å². The molecule has 0 fully saturated rings. The number of aryl methyl sites for hydroxylation is 1. The van der Waals surface area contributed by atoms with E-state index >= 15 is 0 Å². The monoisotopic (exact) mass is 353 g/mol. The summed E-state index contributed by atoms with van der Waals surface area (Å²) in [4.78, 5) is 14.6. The lowest BCUT2D eigenvalue weighted by Gasteiger charge is -2.10. The largest absolute Gasteiger partial charge is 0.494 e. The molecular weight excluding hydrogens is 322 g/mol. The molecule has 0 aliphatic heterocycles. The maximum absolute atomic E-state index is 12.4. The Labute approximate surface area is 158 Å². The molecule has 2 aromatic carbocycles. The second kappa shape index (κ2) is 11.5. The first-order valence-electron chi connectivity index (χ1n) is 9.60. The number of benzene rings is 2. The fourth-order valence-corrected chi connectivity index (χ4v) is 2.88. The highest BCUT2D eigenvalue weighted by Gasteiger charge is 2.07. The molecule has 3 nitrogen and oxygen atoms in total. The summed E-state index contributed by atoms with van der Waals surface area (Å²) in [7, 11) is 4.22. The Morgan fingerprint density at radius 1 is 0.923 bits per heavy atom. The van der Waals surface area contributed by atoms with Gasteiger partial charge in [0.25, 0.3) is 0 Å². The standard InChI is InChI=1S/C23H31NO2/c1-24(2)17-8-3-4-9-18-26-22-14-10-13-21(19-22)23(25)16-15-20-11-6-5-7-12-20/h5-7,10-14,19H,3-4,8-9,15-18H2,1-2H3. The van der Waals surface area contributed by atoms with Gasteiger partial charge in [-0.1, -0.05) is 55.3 Å². The van der Waals surface area contributed by atoms with Gasteiger partial charge in [-0.2, -0.15) is 0 Å². The second-order valence-corrected chi connectivity index (χ2v) is 7.00. The predicted molar refractivity (Wildman–Crippen MR) is 108 cm³/mol. The van der Waals surface area contributed by atoms with Gasteiger partial charge in [-0.15, -0.1) is 0 Å². The summed E-state index contributed by atoms with van der Waals surface area (Å²) < 4.78 is 5.82. The molecule has 2 aromatic rings. The van der Waals surface area contributed by atoms with E-state index in [0.29, 0.717) is 13.0 Å². The van der Waals surface area contributed by atoms with Crippen molar-refractivity contribution in [1.29, 1.82) is 0 Å². The highest BCUT2D eigenvalue weighted by atomic mass is 16.5. The lowest BCUT2D eigenvalue weighted by atomic mass is 10.0. The van der Waals surface area contributed by atoms with Crippen molar-refractivity contribution in [3.8, 4) is 5.75 Å². The van der Waals surface area contributed by atoms with E-state index in [0.717, 1.165) is 30.7 Å². The van der Waals surface area contributed by atoms with Crippen molar-refractivity contribution in [2.45, 2.75) is 38.5 Å². The molecule has 0 amide bonds. The van der Waals surface area contributed by atoms with E-state index in [1.165, 1.54) is 24.8 Å². The van der Waals surface area contributed by atoms with Gasteiger partial charge >= 0.3 is 0 Å². The quantitative estimate of drug-likeness (QED) is 0.397. The number of carbonyl (C=O) groups excluding carboxylic acids is 1. The van der Waals surface area contributed by atoms with Crippen LogP contribution in [0, 0.1) is 0 Å². The molecule has 0 saturated heterocycles. The number of ketones is 1. The fourth-order valence-electron chi connectivity index (χ4n) is 2.88. The third kappa shape index (κ3) is 7.83. The molecule has 0 saturated carbocycles. The lowest BCUT2D eigenvalue weighted by Crippen LogP contribution is -2.12. The lowest BCUT2D eigenvalue weighted by molar-refractivity contribution is 0.0982. The normalized spacial score (nSPS) is 10.9. The number of carbonyl (C=O) groups is 1. The van der Waals surface area contributed by atoms with E-state index in [1.54, 1.807) is 0 Å². The van der Waals surface area contributed by atoms with E-state index in [2.05, 4.69) is 31.1 Å². The van der Waals surface area contributed by atoms with Crippen molar-refractivity contribution < 1.29 is 9.53 Å². The van der Waals surface area contributed by atoms with Crippen LogP contribution in [-0.2, 0) is 6.42 Å². The second-order valence-electron chi connectivity index (χ2n) is 7.00. The minimum Gasteiger partial charge on any atom is -0.494 e. The average Bonchev–Trinajstić information content (AvgIpc) is 2.66. The number of rotatable bonds is 12. The Hall–Kier alpha value is -2.13. The maximum Gasteiger partial charge on any atom is 0.163 e. The molecule has 0 N–H and O–H groups in total. The minimum atomic E-state index is 0.169. The average molecular weight is 354 g/mol. The Balaban J connectivity index is 1.70. The first kappa shape index (κ1) is 20.2. The van der Waals surface area contributed by atoms with Crippen LogP contribution in [0.2, 0.25) is 0 Å². The first-order valence-corrected chi connectivity index (χ1v) is 9.60. The molecule has 2 rings (SSSR count). The van der Waals surface area contributed by atoms with Gasteiger partial charge in [0.1, 0.15) is 5.75 Å².